The predicted octanol–water partition coefficient (Wildman–Crippen LogP) is 3.01. The fourth-order valence-corrected chi connectivity index (χ4v) is 3.71. The maximum Gasteiger partial charge on any atom is 0.235 e. The minimum absolute atomic E-state index is 0.0776. The summed E-state index contributed by atoms with van der Waals surface area (Å²) in [5.74, 6) is 1.32. The van der Waals surface area contributed by atoms with Gasteiger partial charge in [-0.25, -0.2) is 24.5 Å². The number of rotatable bonds is 5. The SMILES string of the molecule is COC1=CC(c2ccc3nc(C)c(-c4ccnc(-n5ccnc5)n4)n3n2)=CCC1OC. The molecule has 9 heteroatoms. The number of ether oxygens (including phenoxy) is 2. The molecule has 1 unspecified atom stereocenters. The molecule has 0 aliphatic heterocycles. The summed E-state index contributed by atoms with van der Waals surface area (Å²) >= 11 is 0. The average molecular weight is 415 g/mol. The van der Waals surface area contributed by atoms with Gasteiger partial charge in [-0.2, -0.15) is 5.10 Å². The van der Waals surface area contributed by atoms with E-state index >= 15 is 0 Å². The first-order chi connectivity index (χ1) is 15.2. The van der Waals surface area contributed by atoms with Crippen LogP contribution in [-0.4, -0.2) is 54.4 Å². The molecule has 1 atom stereocenters. The lowest BCUT2D eigenvalue weighted by molar-refractivity contribution is 0.0799. The van der Waals surface area contributed by atoms with Crippen molar-refractivity contribution in [1.82, 2.24) is 34.1 Å². The topological polar surface area (TPSA) is 92.2 Å². The van der Waals surface area contributed by atoms with E-state index in [1.165, 1.54) is 0 Å². The van der Waals surface area contributed by atoms with E-state index in [1.807, 2.05) is 35.7 Å². The van der Waals surface area contributed by atoms with Crippen molar-refractivity contribution in [3.05, 3.63) is 72.4 Å². The monoisotopic (exact) mass is 415 g/mol. The Morgan fingerprint density at radius 1 is 1.06 bits per heavy atom. The Kier molecular flexibility index (Phi) is 4.79. The molecule has 31 heavy (non-hydrogen) atoms. The first kappa shape index (κ1) is 19.1. The van der Waals surface area contributed by atoms with Gasteiger partial charge in [-0.1, -0.05) is 6.08 Å². The third-order valence-corrected chi connectivity index (χ3v) is 5.26. The summed E-state index contributed by atoms with van der Waals surface area (Å²) in [4.78, 5) is 17.8. The third-order valence-electron chi connectivity index (χ3n) is 5.26. The maximum atomic E-state index is 5.50. The standard InChI is InChI=1S/C22H21N7O2/c1-14-21(17-8-9-24-22(26-17)28-11-10-23-13-28)29-20(25-14)7-5-16(27-29)15-4-6-18(30-2)19(12-15)31-3/h4-5,7-13,18H,6H2,1-3H3. The summed E-state index contributed by atoms with van der Waals surface area (Å²) in [5, 5.41) is 4.87. The first-order valence-electron chi connectivity index (χ1n) is 9.85. The molecule has 0 bridgehead atoms. The van der Waals surface area contributed by atoms with E-state index < -0.39 is 0 Å². The van der Waals surface area contributed by atoms with Crippen molar-refractivity contribution < 1.29 is 9.47 Å². The van der Waals surface area contributed by atoms with Crippen molar-refractivity contribution in [3.8, 4) is 17.3 Å². The Balaban J connectivity index is 1.60. The quantitative estimate of drug-likeness (QED) is 0.495. The van der Waals surface area contributed by atoms with Gasteiger partial charge < -0.3 is 9.47 Å². The number of methoxy groups -OCH3 is 2. The largest absolute Gasteiger partial charge is 0.498 e. The lowest BCUT2D eigenvalue weighted by Crippen LogP contribution is -2.17. The number of fused-ring (bicyclic) bond motifs is 1. The Labute approximate surface area is 178 Å². The molecule has 0 fully saturated rings. The van der Waals surface area contributed by atoms with E-state index in [2.05, 4.69) is 21.0 Å². The number of allylic oxidation sites excluding steroid dienone is 2. The molecule has 0 saturated heterocycles. The van der Waals surface area contributed by atoms with Crippen molar-refractivity contribution in [2.24, 2.45) is 0 Å². The van der Waals surface area contributed by atoms with E-state index in [-0.39, 0.29) is 6.10 Å². The van der Waals surface area contributed by atoms with Crippen LogP contribution in [0.15, 0.2) is 61.0 Å². The minimum Gasteiger partial charge on any atom is -0.498 e. The number of aromatic nitrogens is 7. The summed E-state index contributed by atoms with van der Waals surface area (Å²) in [6.45, 7) is 1.95. The van der Waals surface area contributed by atoms with Crippen molar-refractivity contribution >= 4 is 11.2 Å². The van der Waals surface area contributed by atoms with Crippen LogP contribution in [0.5, 0.6) is 0 Å². The molecular weight excluding hydrogens is 394 g/mol. The molecule has 4 aromatic rings. The van der Waals surface area contributed by atoms with E-state index in [0.29, 0.717) is 5.95 Å². The minimum atomic E-state index is -0.0776. The van der Waals surface area contributed by atoms with Crippen LogP contribution in [0.25, 0.3) is 28.6 Å². The van der Waals surface area contributed by atoms with Gasteiger partial charge in [0.15, 0.2) is 5.65 Å². The Bertz CT molecular complexity index is 1300. The molecule has 9 nitrogen and oxygen atoms in total. The van der Waals surface area contributed by atoms with Crippen molar-refractivity contribution in [2.75, 3.05) is 14.2 Å². The van der Waals surface area contributed by atoms with Crippen molar-refractivity contribution in [1.29, 1.82) is 0 Å². The predicted molar refractivity (Wildman–Crippen MR) is 114 cm³/mol. The molecule has 4 aromatic heterocycles. The lowest BCUT2D eigenvalue weighted by atomic mass is 10.0. The fourth-order valence-electron chi connectivity index (χ4n) is 3.71. The zero-order valence-corrected chi connectivity index (χ0v) is 17.4. The van der Waals surface area contributed by atoms with Gasteiger partial charge in [0, 0.05) is 31.3 Å². The second-order valence-electron chi connectivity index (χ2n) is 7.12. The molecule has 0 saturated carbocycles. The van der Waals surface area contributed by atoms with Gasteiger partial charge in [0.25, 0.3) is 0 Å². The molecule has 0 aromatic carbocycles. The van der Waals surface area contributed by atoms with Crippen LogP contribution in [0.4, 0.5) is 0 Å². The van der Waals surface area contributed by atoms with E-state index in [1.54, 1.807) is 43.7 Å². The molecule has 4 heterocycles. The number of aryl methyl sites for hydroxylation is 1. The molecule has 1 aliphatic carbocycles. The molecule has 5 rings (SSSR count). The van der Waals surface area contributed by atoms with Crippen LogP contribution < -0.4 is 0 Å². The Morgan fingerprint density at radius 3 is 2.74 bits per heavy atom. The van der Waals surface area contributed by atoms with Crippen LogP contribution in [0.3, 0.4) is 0 Å². The highest BCUT2D eigenvalue weighted by Crippen LogP contribution is 2.28. The van der Waals surface area contributed by atoms with Gasteiger partial charge in [-0.15, -0.1) is 0 Å². The number of hydrogen-bond donors (Lipinski definition) is 0. The number of hydrogen-bond acceptors (Lipinski definition) is 7. The van der Waals surface area contributed by atoms with Crippen molar-refractivity contribution in [3.63, 3.8) is 0 Å². The zero-order chi connectivity index (χ0) is 21.4. The summed E-state index contributed by atoms with van der Waals surface area (Å²) in [6.07, 6.45) is 11.6. The average Bonchev–Trinajstić information content (AvgIpc) is 3.45. The van der Waals surface area contributed by atoms with Gasteiger partial charge in [0.05, 0.1) is 24.2 Å². The van der Waals surface area contributed by atoms with Crippen LogP contribution in [-0.2, 0) is 9.47 Å². The molecular formula is C22H21N7O2. The summed E-state index contributed by atoms with van der Waals surface area (Å²) < 4.78 is 14.6. The summed E-state index contributed by atoms with van der Waals surface area (Å²) in [7, 11) is 3.34. The maximum absolute atomic E-state index is 5.50. The van der Waals surface area contributed by atoms with E-state index in [0.717, 1.165) is 46.2 Å². The highest BCUT2D eigenvalue weighted by Gasteiger charge is 2.21. The third kappa shape index (κ3) is 3.38. The zero-order valence-electron chi connectivity index (χ0n) is 17.4. The van der Waals surface area contributed by atoms with E-state index in [9.17, 15) is 0 Å². The van der Waals surface area contributed by atoms with Gasteiger partial charge >= 0.3 is 0 Å². The Hall–Kier alpha value is -3.85. The second kappa shape index (κ2) is 7.77. The fraction of sp³-hybridized carbons (Fsp3) is 0.227. The van der Waals surface area contributed by atoms with Crippen LogP contribution in [0, 0.1) is 6.92 Å². The molecule has 0 amide bonds. The highest BCUT2D eigenvalue weighted by molar-refractivity contribution is 5.74. The van der Waals surface area contributed by atoms with Gasteiger partial charge in [-0.3, -0.25) is 4.57 Å². The van der Waals surface area contributed by atoms with Gasteiger partial charge in [0.2, 0.25) is 5.95 Å². The van der Waals surface area contributed by atoms with Gasteiger partial charge in [-0.05, 0) is 37.6 Å². The highest BCUT2D eigenvalue weighted by atomic mass is 16.5. The van der Waals surface area contributed by atoms with Crippen LogP contribution in [0.1, 0.15) is 17.8 Å². The van der Waals surface area contributed by atoms with E-state index in [4.69, 9.17) is 19.6 Å². The smallest absolute Gasteiger partial charge is 0.235 e. The lowest BCUT2D eigenvalue weighted by Gasteiger charge is -2.21. The Morgan fingerprint density at radius 2 is 1.97 bits per heavy atom. The molecule has 0 radical (unpaired) electrons. The van der Waals surface area contributed by atoms with Crippen molar-refractivity contribution in [2.45, 2.75) is 19.4 Å². The summed E-state index contributed by atoms with van der Waals surface area (Å²) in [6, 6.07) is 5.78. The number of nitrogens with zero attached hydrogens (tertiary/aromatic N) is 7. The van der Waals surface area contributed by atoms with Crippen LogP contribution in [0.2, 0.25) is 0 Å². The first-order valence-corrected chi connectivity index (χ1v) is 9.85. The number of imidazole rings is 2. The molecule has 1 aliphatic rings. The molecule has 0 spiro atoms. The molecule has 156 valence electrons. The van der Waals surface area contributed by atoms with Crippen LogP contribution >= 0.6 is 0 Å². The normalized spacial score (nSPS) is 16.3. The second-order valence-corrected chi connectivity index (χ2v) is 7.12. The molecule has 0 N–H and O–H groups in total. The summed E-state index contributed by atoms with van der Waals surface area (Å²) in [5.41, 5.74) is 4.94. The van der Waals surface area contributed by atoms with Gasteiger partial charge in [0.1, 0.15) is 23.9 Å².